The van der Waals surface area contributed by atoms with Crippen LogP contribution in [0.2, 0.25) is 0 Å². The molecule has 3 rings (SSSR count). The largest absolute Gasteiger partial charge is 0.612 e. The van der Waals surface area contributed by atoms with Crippen LogP contribution in [-0.2, 0) is 16.0 Å². The number of rotatable bonds is 4. The Hall–Kier alpha value is -2.30. The Labute approximate surface area is 145 Å². The molecule has 0 radical (unpaired) electrons. The first kappa shape index (κ1) is 16.6. The fraction of sp³-hybridized carbons (Fsp3) is 0.150. The van der Waals surface area contributed by atoms with Crippen molar-refractivity contribution < 1.29 is 9.35 Å². The van der Waals surface area contributed by atoms with E-state index >= 15 is 0 Å². The van der Waals surface area contributed by atoms with E-state index in [4.69, 9.17) is 0 Å². The number of benzene rings is 2. The van der Waals surface area contributed by atoms with Crippen molar-refractivity contribution in [2.75, 3.05) is 13.3 Å². The van der Waals surface area contributed by atoms with Crippen LogP contribution >= 0.6 is 0 Å². The molecule has 0 fully saturated rings. The Morgan fingerprint density at radius 1 is 1.12 bits per heavy atom. The number of hydrogen-bond donors (Lipinski definition) is 1. The number of nitrogens with one attached hydrogen (secondary N) is 1. The number of allylic oxidation sites excluding steroid dienone is 2. The van der Waals surface area contributed by atoms with Gasteiger partial charge >= 0.3 is 0 Å². The Morgan fingerprint density at radius 2 is 1.79 bits per heavy atom. The summed E-state index contributed by atoms with van der Waals surface area (Å²) in [5, 5.41) is 2.68. The van der Waals surface area contributed by atoms with Crippen molar-refractivity contribution in [2.45, 2.75) is 11.3 Å². The van der Waals surface area contributed by atoms with E-state index in [1.54, 1.807) is 13.3 Å². The van der Waals surface area contributed by atoms with Gasteiger partial charge in [-0.3, -0.25) is 4.79 Å². The highest BCUT2D eigenvalue weighted by atomic mass is 32.2. The average molecular weight is 337 g/mol. The van der Waals surface area contributed by atoms with Crippen molar-refractivity contribution in [2.24, 2.45) is 0 Å². The molecule has 0 spiro atoms. The van der Waals surface area contributed by atoms with Gasteiger partial charge in [-0.1, -0.05) is 24.3 Å². The van der Waals surface area contributed by atoms with Crippen molar-refractivity contribution in [1.82, 2.24) is 5.32 Å². The van der Waals surface area contributed by atoms with Gasteiger partial charge in [0.2, 0.25) is 5.91 Å². The molecule has 2 aromatic carbocycles. The van der Waals surface area contributed by atoms with Crippen molar-refractivity contribution in [3.8, 4) is 0 Å². The van der Waals surface area contributed by atoms with Crippen molar-refractivity contribution in [3.05, 3.63) is 71.3 Å². The summed E-state index contributed by atoms with van der Waals surface area (Å²) in [6.45, 7) is 0. The highest BCUT2D eigenvalue weighted by Crippen LogP contribution is 2.37. The molecule has 0 aliphatic heterocycles. The zero-order valence-corrected chi connectivity index (χ0v) is 14.5. The minimum atomic E-state index is -0.968. The molecule has 1 aliphatic carbocycles. The van der Waals surface area contributed by atoms with Crippen molar-refractivity contribution >= 4 is 34.3 Å². The highest BCUT2D eigenvalue weighted by molar-refractivity contribution is 7.90. The predicted molar refractivity (Wildman–Crippen MR) is 99.7 cm³/mol. The van der Waals surface area contributed by atoms with E-state index in [1.807, 2.05) is 42.5 Å². The molecule has 1 unspecified atom stereocenters. The molecule has 4 heteroatoms. The molecule has 122 valence electrons. The summed E-state index contributed by atoms with van der Waals surface area (Å²) in [5.74, 6) is 0.00656. The van der Waals surface area contributed by atoms with Crippen LogP contribution in [0.5, 0.6) is 0 Å². The maximum absolute atomic E-state index is 11.7. The SMILES string of the molecule is CNC(=O)CC1=CC(=Cc2ccc([S+](C)[O-])cc2)c2ccccc21. The smallest absolute Gasteiger partial charge is 0.224 e. The summed E-state index contributed by atoms with van der Waals surface area (Å²) >= 11 is -0.968. The van der Waals surface area contributed by atoms with Gasteiger partial charge in [0.15, 0.2) is 4.90 Å². The van der Waals surface area contributed by atoms with Gasteiger partial charge in [0, 0.05) is 7.05 Å². The van der Waals surface area contributed by atoms with Crippen LogP contribution in [0.1, 0.15) is 23.1 Å². The van der Waals surface area contributed by atoms with Crippen LogP contribution < -0.4 is 5.32 Å². The average Bonchev–Trinajstić information content (AvgIpc) is 2.93. The second-order valence-corrected chi connectivity index (χ2v) is 7.07. The lowest BCUT2D eigenvalue weighted by Gasteiger charge is -2.05. The zero-order valence-electron chi connectivity index (χ0n) is 13.7. The summed E-state index contributed by atoms with van der Waals surface area (Å²) in [6.07, 6.45) is 6.22. The highest BCUT2D eigenvalue weighted by Gasteiger charge is 2.19. The fourth-order valence-electron chi connectivity index (χ4n) is 2.82. The lowest BCUT2D eigenvalue weighted by molar-refractivity contribution is -0.119. The van der Waals surface area contributed by atoms with Gasteiger partial charge in [-0.25, -0.2) is 0 Å². The molecule has 1 aliphatic rings. The quantitative estimate of drug-likeness (QED) is 0.868. The summed E-state index contributed by atoms with van der Waals surface area (Å²) in [7, 11) is 1.65. The van der Waals surface area contributed by atoms with E-state index in [0.29, 0.717) is 6.42 Å². The topological polar surface area (TPSA) is 52.2 Å². The molecular weight excluding hydrogens is 318 g/mol. The monoisotopic (exact) mass is 337 g/mol. The van der Waals surface area contributed by atoms with Gasteiger partial charge in [0.25, 0.3) is 0 Å². The maximum atomic E-state index is 11.7. The zero-order chi connectivity index (χ0) is 17.1. The fourth-order valence-corrected chi connectivity index (χ4v) is 3.34. The van der Waals surface area contributed by atoms with Gasteiger partial charge in [0.05, 0.1) is 6.42 Å². The Bertz CT molecular complexity index is 820. The third kappa shape index (κ3) is 3.45. The summed E-state index contributed by atoms with van der Waals surface area (Å²) < 4.78 is 11.5. The Kier molecular flexibility index (Phi) is 4.88. The van der Waals surface area contributed by atoms with E-state index in [1.165, 1.54) is 0 Å². The maximum Gasteiger partial charge on any atom is 0.224 e. The number of carbonyl (C=O) groups excluding carboxylic acids is 1. The van der Waals surface area contributed by atoms with Crippen LogP contribution in [-0.4, -0.2) is 23.8 Å². The Balaban J connectivity index is 1.96. The third-order valence-electron chi connectivity index (χ3n) is 4.08. The standard InChI is InChI=1S/C20H19NO2S/c1-21-20(22)13-16-12-15(18-5-3-4-6-19(16)18)11-14-7-9-17(10-8-14)24(2)23/h3-12H,13H2,1-2H3,(H,21,22). The number of carbonyl (C=O) groups is 1. The molecule has 1 atom stereocenters. The normalized spacial score (nSPS) is 15.8. The van der Waals surface area contributed by atoms with E-state index < -0.39 is 11.2 Å². The first-order valence-electron chi connectivity index (χ1n) is 7.74. The minimum absolute atomic E-state index is 0.00656. The molecule has 0 saturated carbocycles. The lowest BCUT2D eigenvalue weighted by Crippen LogP contribution is -2.17. The first-order valence-corrected chi connectivity index (χ1v) is 9.30. The van der Waals surface area contributed by atoms with Crippen LogP contribution in [0.25, 0.3) is 17.2 Å². The van der Waals surface area contributed by atoms with Crippen LogP contribution in [0.4, 0.5) is 0 Å². The van der Waals surface area contributed by atoms with Crippen LogP contribution in [0, 0.1) is 0 Å². The van der Waals surface area contributed by atoms with Gasteiger partial charge in [0.1, 0.15) is 6.26 Å². The summed E-state index contributed by atoms with van der Waals surface area (Å²) in [4.78, 5) is 12.6. The van der Waals surface area contributed by atoms with Gasteiger partial charge < -0.3 is 9.87 Å². The summed E-state index contributed by atoms with van der Waals surface area (Å²) in [6, 6.07) is 15.8. The number of fused-ring (bicyclic) bond motifs is 1. The van der Waals surface area contributed by atoms with E-state index in [-0.39, 0.29) is 5.91 Å². The van der Waals surface area contributed by atoms with Crippen LogP contribution in [0.3, 0.4) is 0 Å². The summed E-state index contributed by atoms with van der Waals surface area (Å²) in [5.41, 5.74) is 5.42. The third-order valence-corrected chi connectivity index (χ3v) is 5.01. The second-order valence-electron chi connectivity index (χ2n) is 5.69. The first-order chi connectivity index (χ1) is 11.6. The molecule has 0 bridgehead atoms. The molecule has 1 amide bonds. The van der Waals surface area contributed by atoms with E-state index in [0.717, 1.165) is 32.7 Å². The number of hydrogen-bond acceptors (Lipinski definition) is 2. The van der Waals surface area contributed by atoms with Gasteiger partial charge in [-0.05, 0) is 75.4 Å². The van der Waals surface area contributed by atoms with Crippen molar-refractivity contribution in [1.29, 1.82) is 0 Å². The van der Waals surface area contributed by atoms with E-state index in [9.17, 15) is 9.35 Å². The molecule has 0 saturated heterocycles. The number of amides is 1. The van der Waals surface area contributed by atoms with E-state index in [2.05, 4.69) is 23.5 Å². The molecule has 24 heavy (non-hydrogen) atoms. The molecular formula is C20H19NO2S. The molecule has 2 aromatic rings. The molecule has 0 heterocycles. The predicted octanol–water partition coefficient (Wildman–Crippen LogP) is 3.50. The minimum Gasteiger partial charge on any atom is -0.612 e. The van der Waals surface area contributed by atoms with Crippen LogP contribution in [0.15, 0.2) is 59.5 Å². The molecule has 3 nitrogen and oxygen atoms in total. The molecule has 1 N–H and O–H groups in total. The van der Waals surface area contributed by atoms with Crippen molar-refractivity contribution in [3.63, 3.8) is 0 Å². The second kappa shape index (κ2) is 7.07. The van der Waals surface area contributed by atoms with Gasteiger partial charge in [-0.2, -0.15) is 0 Å². The molecule has 0 aromatic heterocycles. The Morgan fingerprint density at radius 3 is 2.42 bits per heavy atom. The lowest BCUT2D eigenvalue weighted by atomic mass is 10.0. The van der Waals surface area contributed by atoms with Gasteiger partial charge in [-0.15, -0.1) is 0 Å².